The fourth-order valence-electron chi connectivity index (χ4n) is 2.71. The van der Waals surface area contributed by atoms with Gasteiger partial charge < -0.3 is 10.1 Å². The van der Waals surface area contributed by atoms with E-state index in [2.05, 4.69) is 10.3 Å². The zero-order chi connectivity index (χ0) is 17.2. The van der Waals surface area contributed by atoms with Crippen LogP contribution >= 0.6 is 12.4 Å². The molecule has 3 rings (SSSR count). The summed E-state index contributed by atoms with van der Waals surface area (Å²) in [5.41, 5.74) is 1.80. The van der Waals surface area contributed by atoms with Crippen LogP contribution in [0.3, 0.4) is 0 Å². The number of ether oxygens (including phenoxy) is 1. The average Bonchev–Trinajstić information content (AvgIpc) is 2.82. The standard InChI is InChI=1S/C16H20N4O3S.ClH/c1-17-10-5-11-19-14-6-3-4-7-15(14)20(24(19,21)22)13-8-9-16(23-2)18-12-13;/h3-4,6-9,12,17H,5,10-11H2,1-2H3;1H. The van der Waals surface area contributed by atoms with Crippen molar-refractivity contribution in [3.05, 3.63) is 42.6 Å². The monoisotopic (exact) mass is 384 g/mol. The molecule has 2 heterocycles. The smallest absolute Gasteiger partial charge is 0.331 e. The van der Waals surface area contributed by atoms with Crippen molar-refractivity contribution in [1.29, 1.82) is 0 Å². The van der Waals surface area contributed by atoms with E-state index < -0.39 is 10.2 Å². The van der Waals surface area contributed by atoms with Gasteiger partial charge in [0.05, 0.1) is 30.4 Å². The molecule has 0 amide bonds. The first kappa shape index (κ1) is 19.3. The number of hydrogen-bond donors (Lipinski definition) is 1. The first-order valence-electron chi connectivity index (χ1n) is 7.66. The number of nitrogens with one attached hydrogen (secondary N) is 1. The Hall–Kier alpha value is -2.03. The van der Waals surface area contributed by atoms with E-state index in [1.165, 1.54) is 21.9 Å². The lowest BCUT2D eigenvalue weighted by Gasteiger charge is -2.21. The fraction of sp³-hybridized carbons (Fsp3) is 0.312. The number of para-hydroxylation sites is 2. The molecule has 1 N–H and O–H groups in total. The third-order valence-corrected chi connectivity index (χ3v) is 5.64. The summed E-state index contributed by atoms with van der Waals surface area (Å²) in [6.07, 6.45) is 2.23. The van der Waals surface area contributed by atoms with Gasteiger partial charge in [-0.1, -0.05) is 12.1 Å². The Morgan fingerprint density at radius 1 is 1.16 bits per heavy atom. The minimum absolute atomic E-state index is 0. The van der Waals surface area contributed by atoms with Gasteiger partial charge in [-0.15, -0.1) is 12.4 Å². The molecule has 1 aromatic carbocycles. The number of rotatable bonds is 6. The highest BCUT2D eigenvalue weighted by atomic mass is 35.5. The number of nitrogens with zero attached hydrogens (tertiary/aromatic N) is 3. The second-order valence-electron chi connectivity index (χ2n) is 5.35. The maximum Gasteiger partial charge on any atom is 0.331 e. The molecule has 0 atom stereocenters. The summed E-state index contributed by atoms with van der Waals surface area (Å²) < 4.78 is 34.0. The van der Waals surface area contributed by atoms with Crippen LogP contribution in [0.2, 0.25) is 0 Å². The van der Waals surface area contributed by atoms with Crippen molar-refractivity contribution in [2.75, 3.05) is 35.9 Å². The normalized spacial score (nSPS) is 14.8. The number of fused-ring (bicyclic) bond motifs is 1. The lowest BCUT2D eigenvalue weighted by atomic mass is 10.2. The molecule has 25 heavy (non-hydrogen) atoms. The molecule has 0 saturated carbocycles. The SMILES string of the molecule is CNCCCN1c2ccccc2N(c2ccc(OC)nc2)S1(=O)=O.Cl. The van der Waals surface area contributed by atoms with Crippen LogP contribution in [0.4, 0.5) is 17.1 Å². The van der Waals surface area contributed by atoms with Gasteiger partial charge in [0.25, 0.3) is 0 Å². The summed E-state index contributed by atoms with van der Waals surface area (Å²) in [7, 11) is -0.312. The number of halogens is 1. The van der Waals surface area contributed by atoms with Crippen molar-refractivity contribution in [3.63, 3.8) is 0 Å². The van der Waals surface area contributed by atoms with E-state index in [-0.39, 0.29) is 12.4 Å². The quantitative estimate of drug-likeness (QED) is 0.773. The molecule has 136 valence electrons. The predicted molar refractivity (Wildman–Crippen MR) is 101 cm³/mol. The van der Waals surface area contributed by atoms with E-state index in [1.807, 2.05) is 25.2 Å². The summed E-state index contributed by atoms with van der Waals surface area (Å²) in [4.78, 5) is 4.12. The number of methoxy groups -OCH3 is 1. The Morgan fingerprint density at radius 2 is 1.88 bits per heavy atom. The molecule has 0 saturated heterocycles. The van der Waals surface area contributed by atoms with Gasteiger partial charge in [-0.05, 0) is 38.2 Å². The zero-order valence-electron chi connectivity index (χ0n) is 14.0. The topological polar surface area (TPSA) is 74.8 Å². The molecule has 0 bridgehead atoms. The largest absolute Gasteiger partial charge is 0.481 e. The third-order valence-electron chi connectivity index (χ3n) is 3.83. The Balaban J connectivity index is 0.00000225. The fourth-order valence-corrected chi connectivity index (χ4v) is 4.45. The van der Waals surface area contributed by atoms with Gasteiger partial charge in [0, 0.05) is 12.6 Å². The average molecular weight is 385 g/mol. The molecule has 0 unspecified atom stereocenters. The Bertz CT molecular complexity index is 814. The van der Waals surface area contributed by atoms with Gasteiger partial charge in [0.2, 0.25) is 5.88 Å². The summed E-state index contributed by atoms with van der Waals surface area (Å²) in [6.45, 7) is 1.17. The van der Waals surface area contributed by atoms with E-state index in [4.69, 9.17) is 4.74 Å². The van der Waals surface area contributed by atoms with E-state index in [0.29, 0.717) is 29.5 Å². The molecule has 0 aliphatic carbocycles. The van der Waals surface area contributed by atoms with Crippen molar-refractivity contribution in [2.24, 2.45) is 0 Å². The van der Waals surface area contributed by atoms with Crippen LogP contribution in [0.25, 0.3) is 0 Å². The summed E-state index contributed by atoms with van der Waals surface area (Å²) in [5.74, 6) is 0.439. The number of hydrogen-bond acceptors (Lipinski definition) is 5. The number of aromatic nitrogens is 1. The molecular formula is C16H21ClN4O3S. The lowest BCUT2D eigenvalue weighted by Crippen LogP contribution is -2.36. The highest BCUT2D eigenvalue weighted by Crippen LogP contribution is 2.45. The molecular weight excluding hydrogens is 364 g/mol. The van der Waals surface area contributed by atoms with E-state index >= 15 is 0 Å². The van der Waals surface area contributed by atoms with Crippen molar-refractivity contribution in [2.45, 2.75) is 6.42 Å². The summed E-state index contributed by atoms with van der Waals surface area (Å²) in [5, 5.41) is 3.04. The van der Waals surface area contributed by atoms with Crippen LogP contribution in [0, 0.1) is 0 Å². The molecule has 0 fully saturated rings. The Kier molecular flexibility index (Phi) is 6.10. The first-order valence-corrected chi connectivity index (χ1v) is 9.06. The molecule has 2 aromatic rings. The maximum absolute atomic E-state index is 13.1. The number of pyridine rings is 1. The van der Waals surface area contributed by atoms with Crippen LogP contribution < -0.4 is 18.7 Å². The van der Waals surface area contributed by atoms with Gasteiger partial charge in [0.15, 0.2) is 0 Å². The van der Waals surface area contributed by atoms with Crippen LogP contribution in [0.15, 0.2) is 42.6 Å². The molecule has 1 aromatic heterocycles. The molecule has 0 radical (unpaired) electrons. The second-order valence-corrected chi connectivity index (χ2v) is 7.05. The molecule has 7 nitrogen and oxygen atoms in total. The van der Waals surface area contributed by atoms with E-state index in [0.717, 1.165) is 13.0 Å². The van der Waals surface area contributed by atoms with E-state index in [1.54, 1.807) is 18.2 Å². The zero-order valence-corrected chi connectivity index (χ0v) is 15.7. The van der Waals surface area contributed by atoms with Crippen molar-refractivity contribution >= 4 is 39.7 Å². The maximum atomic E-state index is 13.1. The van der Waals surface area contributed by atoms with Gasteiger partial charge in [-0.25, -0.2) is 9.29 Å². The lowest BCUT2D eigenvalue weighted by molar-refractivity contribution is 0.398. The van der Waals surface area contributed by atoms with Gasteiger partial charge >= 0.3 is 10.2 Å². The third kappa shape index (κ3) is 3.51. The summed E-state index contributed by atoms with van der Waals surface area (Å²) >= 11 is 0. The van der Waals surface area contributed by atoms with Gasteiger partial charge in [0.1, 0.15) is 0 Å². The number of benzene rings is 1. The highest BCUT2D eigenvalue weighted by molar-refractivity contribution is 7.95. The second kappa shape index (κ2) is 7.90. The van der Waals surface area contributed by atoms with Crippen LogP contribution in [-0.2, 0) is 10.2 Å². The van der Waals surface area contributed by atoms with Crippen LogP contribution in [-0.4, -0.2) is 40.6 Å². The van der Waals surface area contributed by atoms with Gasteiger partial charge in [-0.2, -0.15) is 8.42 Å². The van der Waals surface area contributed by atoms with E-state index in [9.17, 15) is 8.42 Å². The Labute approximate surface area is 154 Å². The molecule has 1 aliphatic heterocycles. The van der Waals surface area contributed by atoms with Gasteiger partial charge in [-0.3, -0.25) is 4.31 Å². The molecule has 1 aliphatic rings. The predicted octanol–water partition coefficient (Wildman–Crippen LogP) is 2.32. The van der Waals surface area contributed by atoms with Crippen molar-refractivity contribution in [3.8, 4) is 5.88 Å². The molecule has 9 heteroatoms. The van der Waals surface area contributed by atoms with Crippen molar-refractivity contribution < 1.29 is 13.2 Å². The van der Waals surface area contributed by atoms with Crippen LogP contribution in [0.5, 0.6) is 5.88 Å². The van der Waals surface area contributed by atoms with Crippen molar-refractivity contribution in [1.82, 2.24) is 10.3 Å². The summed E-state index contributed by atoms with van der Waals surface area (Å²) in [6, 6.07) is 10.6. The Morgan fingerprint density at radius 3 is 2.48 bits per heavy atom. The highest BCUT2D eigenvalue weighted by Gasteiger charge is 2.40. The molecule has 0 spiro atoms. The number of anilines is 3. The first-order chi connectivity index (χ1) is 11.6. The minimum atomic E-state index is -3.68. The van der Waals surface area contributed by atoms with Crippen LogP contribution in [0.1, 0.15) is 6.42 Å². The minimum Gasteiger partial charge on any atom is -0.481 e.